The van der Waals surface area contributed by atoms with E-state index in [9.17, 15) is 0 Å². The molecular weight excluding hydrogens is 297 g/mol. The van der Waals surface area contributed by atoms with Gasteiger partial charge in [-0.25, -0.2) is 9.97 Å². The average molecular weight is 312 g/mol. The fraction of sp³-hybridized carbons (Fsp3) is 0.286. The molecule has 0 spiro atoms. The number of aromatic nitrogens is 2. The monoisotopic (exact) mass is 311 g/mol. The molecule has 0 fully saturated rings. The molecule has 0 bridgehead atoms. The van der Waals surface area contributed by atoms with E-state index in [0.717, 1.165) is 5.56 Å². The van der Waals surface area contributed by atoms with Crippen LogP contribution in [-0.4, -0.2) is 24.1 Å². The van der Waals surface area contributed by atoms with Gasteiger partial charge in [-0.1, -0.05) is 35.3 Å². The Bertz CT molecular complexity index is 589. The molecular formula is C14H15Cl2N3O. The molecule has 1 unspecified atom stereocenters. The summed E-state index contributed by atoms with van der Waals surface area (Å²) in [5, 5.41) is 1.01. The van der Waals surface area contributed by atoms with Crippen molar-refractivity contribution in [1.82, 2.24) is 9.97 Å². The van der Waals surface area contributed by atoms with Crippen LogP contribution in [0.2, 0.25) is 10.2 Å². The van der Waals surface area contributed by atoms with Crippen LogP contribution in [0, 0.1) is 0 Å². The first kappa shape index (κ1) is 14.9. The largest absolute Gasteiger partial charge is 0.490 e. The summed E-state index contributed by atoms with van der Waals surface area (Å²) in [6.45, 7) is 2.07. The molecule has 106 valence electrons. The van der Waals surface area contributed by atoms with Crippen molar-refractivity contribution in [2.45, 2.75) is 13.0 Å². The number of benzene rings is 1. The Balaban J connectivity index is 2.33. The van der Waals surface area contributed by atoms with Gasteiger partial charge in [0, 0.05) is 12.1 Å². The Hall–Kier alpha value is -1.52. The van der Waals surface area contributed by atoms with Gasteiger partial charge in [0.1, 0.15) is 6.33 Å². The fourth-order valence-corrected chi connectivity index (χ4v) is 2.25. The van der Waals surface area contributed by atoms with Crippen molar-refractivity contribution in [3.63, 3.8) is 0 Å². The molecule has 1 aromatic carbocycles. The summed E-state index contributed by atoms with van der Waals surface area (Å²) in [4.78, 5) is 10.2. The maximum atomic E-state index is 6.02. The van der Waals surface area contributed by atoms with Gasteiger partial charge < -0.3 is 9.64 Å². The van der Waals surface area contributed by atoms with Crippen molar-refractivity contribution >= 4 is 29.0 Å². The number of hydrogen-bond acceptors (Lipinski definition) is 4. The molecule has 1 heterocycles. The maximum absolute atomic E-state index is 6.02. The molecule has 0 aliphatic carbocycles. The highest BCUT2D eigenvalue weighted by molar-refractivity contribution is 6.31. The number of halogens is 2. The van der Waals surface area contributed by atoms with E-state index in [1.165, 1.54) is 6.33 Å². The first-order chi connectivity index (χ1) is 9.54. The highest BCUT2D eigenvalue weighted by Gasteiger charge is 2.19. The SMILES string of the molecule is COc1c(Cl)ncnc1N(C)C(C)c1ccc(Cl)cc1. The second-order valence-electron chi connectivity index (χ2n) is 4.36. The van der Waals surface area contributed by atoms with Gasteiger partial charge in [0.2, 0.25) is 0 Å². The zero-order chi connectivity index (χ0) is 14.7. The molecule has 20 heavy (non-hydrogen) atoms. The first-order valence-electron chi connectivity index (χ1n) is 6.07. The second-order valence-corrected chi connectivity index (χ2v) is 5.15. The molecule has 0 saturated heterocycles. The Labute approximate surface area is 128 Å². The zero-order valence-electron chi connectivity index (χ0n) is 11.5. The van der Waals surface area contributed by atoms with Crippen LogP contribution in [0.4, 0.5) is 5.82 Å². The lowest BCUT2D eigenvalue weighted by molar-refractivity contribution is 0.410. The molecule has 2 rings (SSSR count). The van der Waals surface area contributed by atoms with Crippen molar-refractivity contribution in [2.24, 2.45) is 0 Å². The third-order valence-corrected chi connectivity index (χ3v) is 3.73. The molecule has 0 aliphatic heterocycles. The van der Waals surface area contributed by atoms with E-state index in [1.807, 2.05) is 36.2 Å². The predicted molar refractivity (Wildman–Crippen MR) is 81.9 cm³/mol. The normalized spacial score (nSPS) is 12.1. The van der Waals surface area contributed by atoms with Gasteiger partial charge in [-0.2, -0.15) is 0 Å². The zero-order valence-corrected chi connectivity index (χ0v) is 13.0. The third kappa shape index (κ3) is 2.97. The van der Waals surface area contributed by atoms with Crippen LogP contribution in [0.15, 0.2) is 30.6 Å². The standard InChI is InChI=1S/C14H15Cl2N3O/c1-9(10-4-6-11(15)7-5-10)19(2)14-12(20-3)13(16)17-8-18-14/h4-9H,1-3H3. The van der Waals surface area contributed by atoms with E-state index in [1.54, 1.807) is 7.11 Å². The summed E-state index contributed by atoms with van der Waals surface area (Å²) < 4.78 is 5.28. The number of rotatable bonds is 4. The van der Waals surface area contributed by atoms with Crippen molar-refractivity contribution < 1.29 is 4.74 Å². The van der Waals surface area contributed by atoms with Gasteiger partial charge in [0.25, 0.3) is 0 Å². The Morgan fingerprint density at radius 3 is 2.40 bits per heavy atom. The van der Waals surface area contributed by atoms with Crippen molar-refractivity contribution in [3.05, 3.63) is 46.3 Å². The van der Waals surface area contributed by atoms with Crippen LogP contribution in [0.5, 0.6) is 5.75 Å². The highest BCUT2D eigenvalue weighted by atomic mass is 35.5. The summed E-state index contributed by atoms with van der Waals surface area (Å²) >= 11 is 11.9. The molecule has 6 heteroatoms. The summed E-state index contributed by atoms with van der Waals surface area (Å²) in [5.41, 5.74) is 1.12. The highest BCUT2D eigenvalue weighted by Crippen LogP contribution is 2.34. The van der Waals surface area contributed by atoms with Gasteiger partial charge in [0.05, 0.1) is 13.2 Å². The summed E-state index contributed by atoms with van der Waals surface area (Å²) in [7, 11) is 3.48. The van der Waals surface area contributed by atoms with Crippen LogP contribution >= 0.6 is 23.2 Å². The van der Waals surface area contributed by atoms with Gasteiger partial charge in [-0.15, -0.1) is 0 Å². The van der Waals surface area contributed by atoms with Crippen LogP contribution in [-0.2, 0) is 0 Å². The molecule has 0 N–H and O–H groups in total. The van der Waals surface area contributed by atoms with E-state index < -0.39 is 0 Å². The molecule has 1 aromatic heterocycles. The Morgan fingerprint density at radius 2 is 1.80 bits per heavy atom. The summed E-state index contributed by atoms with van der Waals surface area (Å²) in [6.07, 6.45) is 1.42. The van der Waals surface area contributed by atoms with Crippen molar-refractivity contribution in [1.29, 1.82) is 0 Å². The topological polar surface area (TPSA) is 38.3 Å². The minimum atomic E-state index is 0.0899. The number of ether oxygens (including phenoxy) is 1. The third-order valence-electron chi connectivity index (χ3n) is 3.21. The van der Waals surface area contributed by atoms with E-state index in [0.29, 0.717) is 21.7 Å². The number of hydrogen-bond donors (Lipinski definition) is 0. The lowest BCUT2D eigenvalue weighted by atomic mass is 10.1. The molecule has 0 aliphatic rings. The van der Waals surface area contributed by atoms with Crippen LogP contribution < -0.4 is 9.64 Å². The smallest absolute Gasteiger partial charge is 0.199 e. The number of anilines is 1. The summed E-state index contributed by atoms with van der Waals surface area (Å²) in [6, 6.07) is 7.79. The van der Waals surface area contributed by atoms with Crippen molar-refractivity contribution in [2.75, 3.05) is 19.1 Å². The van der Waals surface area contributed by atoms with Crippen LogP contribution in [0.25, 0.3) is 0 Å². The van der Waals surface area contributed by atoms with Crippen molar-refractivity contribution in [3.8, 4) is 5.75 Å². The second kappa shape index (κ2) is 6.29. The Kier molecular flexibility index (Phi) is 4.68. The molecule has 2 aromatic rings. The molecule has 1 atom stereocenters. The van der Waals surface area contributed by atoms with Crippen LogP contribution in [0.3, 0.4) is 0 Å². The lowest BCUT2D eigenvalue weighted by Crippen LogP contribution is -2.23. The molecule has 4 nitrogen and oxygen atoms in total. The quantitative estimate of drug-likeness (QED) is 0.800. The van der Waals surface area contributed by atoms with Gasteiger partial charge in [0.15, 0.2) is 16.7 Å². The average Bonchev–Trinajstić information content (AvgIpc) is 2.46. The summed E-state index contributed by atoms with van der Waals surface area (Å²) in [5.74, 6) is 1.12. The molecule has 0 radical (unpaired) electrons. The van der Waals surface area contributed by atoms with Crippen LogP contribution in [0.1, 0.15) is 18.5 Å². The minimum Gasteiger partial charge on any atom is -0.490 e. The number of methoxy groups -OCH3 is 1. The number of nitrogens with zero attached hydrogens (tertiary/aromatic N) is 3. The minimum absolute atomic E-state index is 0.0899. The van der Waals surface area contributed by atoms with E-state index in [4.69, 9.17) is 27.9 Å². The van der Waals surface area contributed by atoms with E-state index in [2.05, 4.69) is 16.9 Å². The lowest BCUT2D eigenvalue weighted by Gasteiger charge is -2.27. The first-order valence-corrected chi connectivity index (χ1v) is 6.83. The molecule has 0 amide bonds. The van der Waals surface area contributed by atoms with E-state index >= 15 is 0 Å². The van der Waals surface area contributed by atoms with Gasteiger partial charge in [-0.3, -0.25) is 0 Å². The fourth-order valence-electron chi connectivity index (χ4n) is 1.92. The van der Waals surface area contributed by atoms with Gasteiger partial charge >= 0.3 is 0 Å². The predicted octanol–water partition coefficient (Wildman–Crippen LogP) is 3.99. The maximum Gasteiger partial charge on any atom is 0.199 e. The van der Waals surface area contributed by atoms with Gasteiger partial charge in [-0.05, 0) is 24.6 Å². The Morgan fingerprint density at radius 1 is 1.15 bits per heavy atom. The van der Waals surface area contributed by atoms with E-state index in [-0.39, 0.29) is 6.04 Å². The molecule has 0 saturated carbocycles.